The van der Waals surface area contributed by atoms with E-state index >= 15 is 0 Å². The second kappa shape index (κ2) is 9.59. The number of aromatic nitrogens is 1. The fourth-order valence-corrected chi connectivity index (χ4v) is 7.01. The summed E-state index contributed by atoms with van der Waals surface area (Å²) in [5, 5.41) is 0.815. The van der Waals surface area contributed by atoms with Crippen molar-refractivity contribution in [1.29, 1.82) is 0 Å². The zero-order chi connectivity index (χ0) is 24.6. The van der Waals surface area contributed by atoms with Crippen molar-refractivity contribution >= 4 is 26.8 Å². The highest BCUT2D eigenvalue weighted by molar-refractivity contribution is 7.89. The zero-order valence-electron chi connectivity index (χ0n) is 20.2. The van der Waals surface area contributed by atoms with Gasteiger partial charge in [-0.3, -0.25) is 9.78 Å². The minimum atomic E-state index is -3.70. The van der Waals surface area contributed by atoms with Crippen LogP contribution in [-0.2, 0) is 14.8 Å². The van der Waals surface area contributed by atoms with Crippen molar-refractivity contribution in [3.63, 3.8) is 0 Å². The molecule has 0 spiro atoms. The number of methoxy groups -OCH3 is 1. The summed E-state index contributed by atoms with van der Waals surface area (Å²) >= 11 is 0. The number of carbonyl (C=O) groups excluding carboxylic acids is 1. The van der Waals surface area contributed by atoms with E-state index in [4.69, 9.17) is 4.74 Å². The first-order valence-electron chi connectivity index (χ1n) is 12.2. The van der Waals surface area contributed by atoms with Crippen LogP contribution in [0.1, 0.15) is 42.9 Å². The monoisotopic (exact) mass is 493 g/mol. The smallest absolute Gasteiger partial charge is 0.245 e. The molecule has 2 aliphatic heterocycles. The standard InChI is InChI=1S/C27H31N3O4S/c1-19-17-22-5-3-7-25(26(22)28-18-19)35(32,33)29-15-12-21(13-16-29)27(31)30-14-4-6-24(30)20-8-10-23(34-2)11-9-20/h3,5,7-11,17-18,21,24H,4,6,12-16H2,1-2H3/t24-/m1/s1. The van der Waals surface area contributed by atoms with E-state index in [1.54, 1.807) is 25.4 Å². The lowest BCUT2D eigenvalue weighted by Crippen LogP contribution is -2.44. The predicted octanol–water partition coefficient (Wildman–Crippen LogP) is 4.32. The van der Waals surface area contributed by atoms with E-state index in [1.165, 1.54) is 4.31 Å². The summed E-state index contributed by atoms with van der Waals surface area (Å²) in [5.41, 5.74) is 2.60. The Kier molecular flexibility index (Phi) is 6.51. The number of aryl methyl sites for hydroxylation is 1. The molecule has 2 saturated heterocycles. The molecule has 1 aromatic heterocycles. The number of carbonyl (C=O) groups is 1. The van der Waals surface area contributed by atoms with Crippen LogP contribution in [0.4, 0.5) is 0 Å². The number of amides is 1. The third-order valence-electron chi connectivity index (χ3n) is 7.27. The largest absolute Gasteiger partial charge is 0.497 e. The minimum absolute atomic E-state index is 0.0698. The maximum atomic E-state index is 13.5. The Morgan fingerprint density at radius 2 is 1.77 bits per heavy atom. The minimum Gasteiger partial charge on any atom is -0.497 e. The van der Waals surface area contributed by atoms with Gasteiger partial charge in [-0.2, -0.15) is 4.31 Å². The van der Waals surface area contributed by atoms with Crippen molar-refractivity contribution in [1.82, 2.24) is 14.2 Å². The van der Waals surface area contributed by atoms with Crippen molar-refractivity contribution < 1.29 is 17.9 Å². The first-order valence-corrected chi connectivity index (χ1v) is 13.6. The summed E-state index contributed by atoms with van der Waals surface area (Å²) in [6.45, 7) is 3.36. The van der Waals surface area contributed by atoms with Crippen LogP contribution in [0.2, 0.25) is 0 Å². The summed E-state index contributed by atoms with van der Waals surface area (Å²) in [7, 11) is -2.05. The molecule has 35 heavy (non-hydrogen) atoms. The Balaban J connectivity index is 1.29. The van der Waals surface area contributed by atoms with E-state index in [0.29, 0.717) is 31.4 Å². The van der Waals surface area contributed by atoms with Gasteiger partial charge < -0.3 is 9.64 Å². The van der Waals surface area contributed by atoms with Crippen LogP contribution in [0.5, 0.6) is 5.75 Å². The number of benzene rings is 2. The molecule has 2 aromatic carbocycles. The molecular formula is C27H31N3O4S. The molecule has 0 unspecified atom stereocenters. The molecule has 8 heteroatoms. The highest BCUT2D eigenvalue weighted by Gasteiger charge is 2.38. The molecule has 3 aromatic rings. The van der Waals surface area contributed by atoms with Crippen LogP contribution in [0.15, 0.2) is 59.6 Å². The first kappa shape index (κ1) is 23.8. The molecular weight excluding hydrogens is 462 g/mol. The average Bonchev–Trinajstić information content (AvgIpc) is 3.38. The van der Waals surface area contributed by atoms with Crippen LogP contribution < -0.4 is 4.74 Å². The van der Waals surface area contributed by atoms with E-state index in [9.17, 15) is 13.2 Å². The Labute approximate surface area is 206 Å². The number of piperidine rings is 1. The Morgan fingerprint density at radius 1 is 1.03 bits per heavy atom. The van der Waals surface area contributed by atoms with Crippen LogP contribution in [0, 0.1) is 12.8 Å². The Hall–Kier alpha value is -2.97. The van der Waals surface area contributed by atoms with E-state index in [0.717, 1.165) is 41.6 Å². The molecule has 3 heterocycles. The van der Waals surface area contributed by atoms with E-state index < -0.39 is 10.0 Å². The van der Waals surface area contributed by atoms with E-state index in [2.05, 4.69) is 4.98 Å². The quantitative estimate of drug-likeness (QED) is 0.529. The van der Waals surface area contributed by atoms with Gasteiger partial charge in [-0.15, -0.1) is 0 Å². The molecule has 1 amide bonds. The third kappa shape index (κ3) is 4.52. The fraction of sp³-hybridized carbons (Fsp3) is 0.407. The van der Waals surface area contributed by atoms with Gasteiger partial charge in [0, 0.05) is 37.1 Å². The molecule has 2 aliphatic rings. The third-order valence-corrected chi connectivity index (χ3v) is 9.20. The number of pyridine rings is 1. The molecule has 0 bridgehead atoms. The first-order chi connectivity index (χ1) is 16.9. The highest BCUT2D eigenvalue weighted by Crippen LogP contribution is 2.36. The van der Waals surface area contributed by atoms with Gasteiger partial charge >= 0.3 is 0 Å². The van der Waals surface area contributed by atoms with Crippen LogP contribution >= 0.6 is 0 Å². The van der Waals surface area contributed by atoms with Gasteiger partial charge in [0.1, 0.15) is 10.6 Å². The Morgan fingerprint density at radius 3 is 2.49 bits per heavy atom. The SMILES string of the molecule is COc1ccc([C@H]2CCCN2C(=O)C2CCN(S(=O)(=O)c3cccc4cc(C)cnc34)CC2)cc1. The normalized spacial score (nSPS) is 19.8. The molecule has 0 radical (unpaired) electrons. The predicted molar refractivity (Wildman–Crippen MR) is 135 cm³/mol. The number of para-hydroxylation sites is 1. The van der Waals surface area contributed by atoms with Gasteiger partial charge in [-0.05, 0) is 68.0 Å². The van der Waals surface area contributed by atoms with Crippen LogP contribution in [0.25, 0.3) is 10.9 Å². The number of nitrogens with zero attached hydrogens (tertiary/aromatic N) is 3. The average molecular weight is 494 g/mol. The number of likely N-dealkylation sites (tertiary alicyclic amines) is 1. The molecule has 2 fully saturated rings. The van der Waals surface area contributed by atoms with Gasteiger partial charge in [0.2, 0.25) is 15.9 Å². The van der Waals surface area contributed by atoms with Gasteiger partial charge in [0.05, 0.1) is 18.7 Å². The molecule has 7 nitrogen and oxygen atoms in total. The number of fused-ring (bicyclic) bond motifs is 1. The summed E-state index contributed by atoms with van der Waals surface area (Å²) in [6, 6.07) is 15.2. The molecule has 5 rings (SSSR count). The lowest BCUT2D eigenvalue weighted by Gasteiger charge is -2.34. The maximum Gasteiger partial charge on any atom is 0.245 e. The highest BCUT2D eigenvalue weighted by atomic mass is 32.2. The second-order valence-electron chi connectivity index (χ2n) is 9.48. The van der Waals surface area contributed by atoms with Crippen molar-refractivity contribution in [2.24, 2.45) is 5.92 Å². The fourth-order valence-electron chi connectivity index (χ4n) is 5.37. The number of sulfonamides is 1. The molecule has 184 valence electrons. The van der Waals surface area contributed by atoms with Crippen LogP contribution in [-0.4, -0.2) is 55.3 Å². The topological polar surface area (TPSA) is 79.8 Å². The number of hydrogen-bond acceptors (Lipinski definition) is 5. The summed E-state index contributed by atoms with van der Waals surface area (Å²) in [6.07, 6.45) is 4.67. The van der Waals surface area contributed by atoms with Crippen molar-refractivity contribution in [3.8, 4) is 5.75 Å². The van der Waals surface area contributed by atoms with Gasteiger partial charge in [-0.1, -0.05) is 24.3 Å². The number of rotatable bonds is 5. The second-order valence-corrected chi connectivity index (χ2v) is 11.4. The molecule has 0 N–H and O–H groups in total. The Bertz CT molecular complexity index is 1330. The van der Waals surface area contributed by atoms with Crippen molar-refractivity contribution in [2.75, 3.05) is 26.7 Å². The van der Waals surface area contributed by atoms with E-state index in [1.807, 2.05) is 48.2 Å². The zero-order valence-corrected chi connectivity index (χ0v) is 21.0. The molecule has 0 saturated carbocycles. The van der Waals surface area contributed by atoms with Crippen LogP contribution in [0.3, 0.4) is 0 Å². The maximum absolute atomic E-state index is 13.5. The lowest BCUT2D eigenvalue weighted by atomic mass is 9.95. The van der Waals surface area contributed by atoms with E-state index in [-0.39, 0.29) is 22.8 Å². The number of hydrogen-bond donors (Lipinski definition) is 0. The molecule has 1 atom stereocenters. The number of ether oxygens (including phenoxy) is 1. The summed E-state index contributed by atoms with van der Waals surface area (Å²) in [5.74, 6) is 0.783. The summed E-state index contributed by atoms with van der Waals surface area (Å²) < 4.78 is 33.8. The summed E-state index contributed by atoms with van der Waals surface area (Å²) in [4.78, 5) is 20.1. The van der Waals surface area contributed by atoms with Gasteiger partial charge in [-0.25, -0.2) is 8.42 Å². The molecule has 0 aliphatic carbocycles. The van der Waals surface area contributed by atoms with Crippen molar-refractivity contribution in [2.45, 2.75) is 43.5 Å². The van der Waals surface area contributed by atoms with Gasteiger partial charge in [0.25, 0.3) is 0 Å². The van der Waals surface area contributed by atoms with Gasteiger partial charge in [0.15, 0.2) is 0 Å². The lowest BCUT2D eigenvalue weighted by molar-refractivity contribution is -0.137. The van der Waals surface area contributed by atoms with Crippen molar-refractivity contribution in [3.05, 3.63) is 65.9 Å².